The van der Waals surface area contributed by atoms with Crippen LogP contribution in [0.25, 0.3) is 12.2 Å². The molecule has 3 heteroatoms. The van der Waals surface area contributed by atoms with Gasteiger partial charge < -0.3 is 0 Å². The van der Waals surface area contributed by atoms with Crippen molar-refractivity contribution in [3.63, 3.8) is 0 Å². The van der Waals surface area contributed by atoms with Gasteiger partial charge in [0.15, 0.2) is 5.78 Å². The lowest BCUT2D eigenvalue weighted by Gasteiger charge is -2.03. The van der Waals surface area contributed by atoms with Gasteiger partial charge in [0, 0.05) is 10.0 Å². The molecule has 2 aromatic rings. The highest BCUT2D eigenvalue weighted by Crippen LogP contribution is 2.17. The zero-order valence-corrected chi connectivity index (χ0v) is 13.9. The predicted octanol–water partition coefficient (Wildman–Crippen LogP) is 6.07. The van der Waals surface area contributed by atoms with Crippen molar-refractivity contribution in [2.45, 2.75) is 13.8 Å². The van der Waals surface area contributed by atoms with Gasteiger partial charge in [-0.15, -0.1) is 0 Å². The van der Waals surface area contributed by atoms with E-state index in [2.05, 4.69) is 0 Å². The van der Waals surface area contributed by atoms with Gasteiger partial charge in [0.1, 0.15) is 0 Å². The maximum absolute atomic E-state index is 12.4. The molecule has 0 aliphatic rings. The third-order valence-electron chi connectivity index (χ3n) is 3.22. The zero-order valence-electron chi connectivity index (χ0n) is 12.4. The topological polar surface area (TPSA) is 17.1 Å². The highest BCUT2D eigenvalue weighted by molar-refractivity contribution is 6.30. The number of halogens is 2. The number of benzene rings is 2. The molecular weight excluding hydrogens is 315 g/mol. The Bertz CT molecular complexity index is 660. The van der Waals surface area contributed by atoms with E-state index in [-0.39, 0.29) is 5.78 Å². The molecule has 0 heterocycles. The summed E-state index contributed by atoms with van der Waals surface area (Å²) >= 11 is 11.7. The Kier molecular flexibility index (Phi) is 5.59. The maximum Gasteiger partial charge on any atom is 0.184 e. The van der Waals surface area contributed by atoms with Crippen molar-refractivity contribution in [3.8, 4) is 0 Å². The number of hydrogen-bond donors (Lipinski definition) is 0. The Hall–Kier alpha value is -1.83. The van der Waals surface area contributed by atoms with E-state index in [0.29, 0.717) is 21.2 Å². The Morgan fingerprint density at radius 1 is 0.727 bits per heavy atom. The third kappa shape index (κ3) is 4.59. The van der Waals surface area contributed by atoms with Gasteiger partial charge in [-0.2, -0.15) is 0 Å². The van der Waals surface area contributed by atoms with Gasteiger partial charge in [0.2, 0.25) is 0 Å². The van der Waals surface area contributed by atoms with Gasteiger partial charge in [-0.1, -0.05) is 47.5 Å². The molecule has 0 saturated carbocycles. The Balaban J connectivity index is 2.18. The van der Waals surface area contributed by atoms with E-state index in [9.17, 15) is 4.79 Å². The lowest BCUT2D eigenvalue weighted by molar-refractivity contribution is -0.112. The maximum atomic E-state index is 12.4. The number of rotatable bonds is 4. The van der Waals surface area contributed by atoms with Crippen LogP contribution in [0.5, 0.6) is 0 Å². The Morgan fingerprint density at radius 3 is 1.36 bits per heavy atom. The van der Waals surface area contributed by atoms with Crippen LogP contribution in [-0.4, -0.2) is 5.78 Å². The molecule has 0 saturated heterocycles. The molecule has 2 rings (SSSR count). The standard InChI is InChI=1S/C19H16Cl2O/c1-13(11-15-3-7-17(20)8-4-15)19(22)14(2)12-16-5-9-18(21)10-6-16/h3-12H,1-2H3/b13-11+,14-12+. The molecule has 112 valence electrons. The minimum atomic E-state index is 0.0184. The van der Waals surface area contributed by atoms with Gasteiger partial charge in [0.05, 0.1) is 0 Å². The van der Waals surface area contributed by atoms with E-state index < -0.39 is 0 Å². The van der Waals surface area contributed by atoms with Crippen molar-refractivity contribution in [2.24, 2.45) is 0 Å². The molecule has 0 unspecified atom stereocenters. The van der Waals surface area contributed by atoms with Crippen LogP contribution < -0.4 is 0 Å². The molecule has 0 bridgehead atoms. The first kappa shape index (κ1) is 16.5. The summed E-state index contributed by atoms with van der Waals surface area (Å²) in [5.74, 6) is 0.0184. The van der Waals surface area contributed by atoms with Crippen molar-refractivity contribution in [3.05, 3.63) is 80.8 Å². The normalized spacial score (nSPS) is 12.4. The second kappa shape index (κ2) is 7.44. The van der Waals surface area contributed by atoms with Gasteiger partial charge in [-0.3, -0.25) is 4.79 Å². The lowest BCUT2D eigenvalue weighted by Crippen LogP contribution is -2.01. The van der Waals surface area contributed by atoms with Crippen molar-refractivity contribution >= 4 is 41.1 Å². The van der Waals surface area contributed by atoms with E-state index in [1.807, 2.05) is 74.5 Å². The predicted molar refractivity (Wildman–Crippen MR) is 95.2 cm³/mol. The molecule has 0 N–H and O–H groups in total. The molecule has 0 aromatic heterocycles. The number of Topliss-reactive ketones (excluding diaryl/α,β-unsaturated/α-hetero) is 1. The largest absolute Gasteiger partial charge is 0.289 e. The van der Waals surface area contributed by atoms with Crippen LogP contribution in [-0.2, 0) is 4.79 Å². The van der Waals surface area contributed by atoms with E-state index in [1.54, 1.807) is 0 Å². The van der Waals surface area contributed by atoms with Crippen LogP contribution in [0, 0.1) is 0 Å². The van der Waals surface area contributed by atoms with Gasteiger partial charge in [-0.25, -0.2) is 0 Å². The fourth-order valence-electron chi connectivity index (χ4n) is 2.06. The average molecular weight is 331 g/mol. The van der Waals surface area contributed by atoms with Crippen LogP contribution in [0.3, 0.4) is 0 Å². The monoisotopic (exact) mass is 330 g/mol. The van der Waals surface area contributed by atoms with Crippen molar-refractivity contribution in [2.75, 3.05) is 0 Å². The summed E-state index contributed by atoms with van der Waals surface area (Å²) in [5, 5.41) is 1.36. The van der Waals surface area contributed by atoms with E-state index in [1.165, 1.54) is 0 Å². The summed E-state index contributed by atoms with van der Waals surface area (Å²) in [7, 11) is 0. The first-order valence-electron chi connectivity index (χ1n) is 6.88. The summed E-state index contributed by atoms with van der Waals surface area (Å²) < 4.78 is 0. The Labute approximate surface area is 140 Å². The summed E-state index contributed by atoms with van der Waals surface area (Å²) in [4.78, 5) is 12.4. The van der Waals surface area contributed by atoms with E-state index in [4.69, 9.17) is 23.2 Å². The quantitative estimate of drug-likeness (QED) is 0.622. The van der Waals surface area contributed by atoms with Crippen LogP contribution >= 0.6 is 23.2 Å². The van der Waals surface area contributed by atoms with Crippen LogP contribution in [0.2, 0.25) is 10.0 Å². The van der Waals surface area contributed by atoms with E-state index in [0.717, 1.165) is 11.1 Å². The average Bonchev–Trinajstić information content (AvgIpc) is 2.51. The molecule has 0 aliphatic heterocycles. The van der Waals surface area contributed by atoms with Gasteiger partial charge >= 0.3 is 0 Å². The zero-order chi connectivity index (χ0) is 16.1. The highest BCUT2D eigenvalue weighted by Gasteiger charge is 2.07. The molecular formula is C19H16Cl2O. The lowest BCUT2D eigenvalue weighted by atomic mass is 10.0. The second-order valence-corrected chi connectivity index (χ2v) is 5.96. The van der Waals surface area contributed by atoms with E-state index >= 15 is 0 Å². The number of hydrogen-bond acceptors (Lipinski definition) is 1. The molecule has 0 radical (unpaired) electrons. The molecule has 0 fully saturated rings. The van der Waals surface area contributed by atoms with Gasteiger partial charge in [0.25, 0.3) is 0 Å². The molecule has 1 nitrogen and oxygen atoms in total. The van der Waals surface area contributed by atoms with Crippen molar-refractivity contribution in [1.29, 1.82) is 0 Å². The molecule has 0 aliphatic carbocycles. The third-order valence-corrected chi connectivity index (χ3v) is 3.73. The highest BCUT2D eigenvalue weighted by atomic mass is 35.5. The summed E-state index contributed by atoms with van der Waals surface area (Å²) in [6.07, 6.45) is 3.72. The fraction of sp³-hybridized carbons (Fsp3) is 0.105. The molecule has 22 heavy (non-hydrogen) atoms. The summed E-state index contributed by atoms with van der Waals surface area (Å²) in [6, 6.07) is 14.8. The number of carbonyl (C=O) groups is 1. The number of allylic oxidation sites excluding steroid dienone is 2. The number of carbonyl (C=O) groups excluding carboxylic acids is 1. The molecule has 2 aromatic carbocycles. The molecule has 0 spiro atoms. The first-order chi connectivity index (χ1) is 10.5. The number of ketones is 1. The summed E-state index contributed by atoms with van der Waals surface area (Å²) in [6.45, 7) is 3.63. The summed E-state index contributed by atoms with van der Waals surface area (Å²) in [5.41, 5.74) is 3.28. The smallest absolute Gasteiger partial charge is 0.184 e. The van der Waals surface area contributed by atoms with Crippen molar-refractivity contribution < 1.29 is 4.79 Å². The minimum absolute atomic E-state index is 0.0184. The van der Waals surface area contributed by atoms with Crippen LogP contribution in [0.15, 0.2) is 59.7 Å². The van der Waals surface area contributed by atoms with Crippen LogP contribution in [0.4, 0.5) is 0 Å². The molecule has 0 atom stereocenters. The fourth-order valence-corrected chi connectivity index (χ4v) is 2.31. The minimum Gasteiger partial charge on any atom is -0.289 e. The first-order valence-corrected chi connectivity index (χ1v) is 7.64. The molecule has 0 amide bonds. The Morgan fingerprint density at radius 2 is 1.05 bits per heavy atom. The van der Waals surface area contributed by atoms with Crippen LogP contribution in [0.1, 0.15) is 25.0 Å². The van der Waals surface area contributed by atoms with Gasteiger partial charge in [-0.05, 0) is 72.5 Å². The SMILES string of the molecule is C/C(=C\c1ccc(Cl)cc1)C(=O)/C(C)=C/c1ccc(Cl)cc1. The second-order valence-electron chi connectivity index (χ2n) is 5.09. The van der Waals surface area contributed by atoms with Crippen molar-refractivity contribution in [1.82, 2.24) is 0 Å².